The van der Waals surface area contributed by atoms with E-state index in [-0.39, 0.29) is 5.82 Å². The molecule has 1 atom stereocenters. The van der Waals surface area contributed by atoms with Crippen LogP contribution >= 0.6 is 11.3 Å². The van der Waals surface area contributed by atoms with Gasteiger partial charge in [-0.2, -0.15) is 0 Å². The molecule has 114 valence electrons. The number of benzene rings is 1. The summed E-state index contributed by atoms with van der Waals surface area (Å²) in [6.45, 7) is 7.79. The quantitative estimate of drug-likeness (QED) is 0.791. The predicted molar refractivity (Wildman–Crippen MR) is 88.1 cm³/mol. The van der Waals surface area contributed by atoms with Gasteiger partial charge in [-0.15, -0.1) is 11.3 Å². The summed E-state index contributed by atoms with van der Waals surface area (Å²) in [5.41, 5.74) is 0.724. The van der Waals surface area contributed by atoms with Crippen molar-refractivity contribution >= 4 is 11.3 Å². The van der Waals surface area contributed by atoms with E-state index < -0.39 is 0 Å². The third-order valence-corrected chi connectivity index (χ3v) is 4.71. The van der Waals surface area contributed by atoms with Gasteiger partial charge in [0.15, 0.2) is 0 Å². The first-order valence-electron chi connectivity index (χ1n) is 7.47. The van der Waals surface area contributed by atoms with Crippen LogP contribution in [-0.2, 0) is 6.54 Å². The molecule has 0 aliphatic heterocycles. The average molecular weight is 306 g/mol. The van der Waals surface area contributed by atoms with Gasteiger partial charge < -0.3 is 5.32 Å². The molecule has 1 unspecified atom stereocenters. The number of hydrogen-bond donors (Lipinski definition) is 1. The second kappa shape index (κ2) is 8.27. The Hall–Kier alpha value is -1.23. The fraction of sp³-hybridized carbons (Fsp3) is 0.412. The summed E-state index contributed by atoms with van der Waals surface area (Å²) in [4.78, 5) is 3.79. The van der Waals surface area contributed by atoms with Gasteiger partial charge in [-0.25, -0.2) is 4.39 Å². The Balaban J connectivity index is 1.98. The molecule has 0 aliphatic rings. The summed E-state index contributed by atoms with van der Waals surface area (Å²) in [5.74, 6) is -0.138. The lowest BCUT2D eigenvalue weighted by Gasteiger charge is -2.29. The minimum atomic E-state index is -0.138. The van der Waals surface area contributed by atoms with Crippen LogP contribution in [0.1, 0.15) is 30.3 Å². The molecule has 0 amide bonds. The number of likely N-dealkylation sites (N-methyl/N-ethyl adjacent to an activating group) is 1. The van der Waals surface area contributed by atoms with E-state index in [1.807, 2.05) is 12.1 Å². The maximum atomic E-state index is 13.6. The van der Waals surface area contributed by atoms with Gasteiger partial charge in [-0.1, -0.05) is 38.1 Å². The molecule has 1 N–H and O–H groups in total. The zero-order valence-electron chi connectivity index (χ0n) is 12.7. The van der Waals surface area contributed by atoms with E-state index in [4.69, 9.17) is 0 Å². The fourth-order valence-corrected chi connectivity index (χ4v) is 3.40. The molecule has 0 aliphatic carbocycles. The highest BCUT2D eigenvalue weighted by molar-refractivity contribution is 7.10. The van der Waals surface area contributed by atoms with Crippen molar-refractivity contribution in [2.24, 2.45) is 0 Å². The van der Waals surface area contributed by atoms with Crippen LogP contribution in [0.25, 0.3) is 0 Å². The van der Waals surface area contributed by atoms with E-state index in [1.165, 1.54) is 10.9 Å². The molecular weight excluding hydrogens is 283 g/mol. The van der Waals surface area contributed by atoms with Crippen LogP contribution in [0.3, 0.4) is 0 Å². The molecule has 0 fully saturated rings. The van der Waals surface area contributed by atoms with Gasteiger partial charge >= 0.3 is 0 Å². The lowest BCUT2D eigenvalue weighted by atomic mass is 10.1. The molecule has 1 aromatic heterocycles. The standard InChI is InChI=1S/C17H23FN2S/c1-3-20(4-2)16(17-10-7-11-21-17)13-19-12-14-8-5-6-9-15(14)18/h5-11,16,19H,3-4,12-13H2,1-2H3. The molecule has 0 spiro atoms. The lowest BCUT2D eigenvalue weighted by molar-refractivity contribution is 0.216. The molecule has 1 aromatic carbocycles. The van der Waals surface area contributed by atoms with Gasteiger partial charge in [0, 0.05) is 23.5 Å². The van der Waals surface area contributed by atoms with Crippen molar-refractivity contribution in [2.45, 2.75) is 26.4 Å². The van der Waals surface area contributed by atoms with Crippen molar-refractivity contribution in [3.8, 4) is 0 Å². The Kier molecular flexibility index (Phi) is 6.36. The highest BCUT2D eigenvalue weighted by Gasteiger charge is 2.18. The van der Waals surface area contributed by atoms with E-state index in [0.717, 1.165) is 25.2 Å². The van der Waals surface area contributed by atoms with E-state index in [9.17, 15) is 4.39 Å². The van der Waals surface area contributed by atoms with Crippen LogP contribution in [0.4, 0.5) is 4.39 Å². The van der Waals surface area contributed by atoms with Gasteiger partial charge in [0.2, 0.25) is 0 Å². The largest absolute Gasteiger partial charge is 0.311 e. The Morgan fingerprint density at radius 3 is 2.52 bits per heavy atom. The highest BCUT2D eigenvalue weighted by atomic mass is 32.1. The van der Waals surface area contributed by atoms with Gasteiger partial charge in [-0.05, 0) is 30.6 Å². The number of hydrogen-bond acceptors (Lipinski definition) is 3. The molecular formula is C17H23FN2S. The highest BCUT2D eigenvalue weighted by Crippen LogP contribution is 2.24. The van der Waals surface area contributed by atoms with Crippen molar-refractivity contribution in [3.63, 3.8) is 0 Å². The van der Waals surface area contributed by atoms with Crippen LogP contribution in [0.5, 0.6) is 0 Å². The first-order valence-corrected chi connectivity index (χ1v) is 8.35. The van der Waals surface area contributed by atoms with Crippen molar-refractivity contribution in [2.75, 3.05) is 19.6 Å². The zero-order valence-corrected chi connectivity index (χ0v) is 13.5. The monoisotopic (exact) mass is 306 g/mol. The molecule has 0 saturated heterocycles. The third kappa shape index (κ3) is 4.37. The minimum absolute atomic E-state index is 0.138. The number of halogens is 1. The van der Waals surface area contributed by atoms with Crippen LogP contribution in [0.15, 0.2) is 41.8 Å². The minimum Gasteiger partial charge on any atom is -0.311 e. The Bertz CT molecular complexity index is 523. The fourth-order valence-electron chi connectivity index (χ4n) is 2.54. The van der Waals surface area contributed by atoms with E-state index in [1.54, 1.807) is 17.4 Å². The first-order chi connectivity index (χ1) is 10.3. The summed E-state index contributed by atoms with van der Waals surface area (Å²) in [6, 6.07) is 11.6. The predicted octanol–water partition coefficient (Wildman–Crippen LogP) is 4.06. The Morgan fingerprint density at radius 2 is 1.90 bits per heavy atom. The van der Waals surface area contributed by atoms with Crippen molar-refractivity contribution in [1.29, 1.82) is 0 Å². The topological polar surface area (TPSA) is 15.3 Å². The molecule has 2 aromatic rings. The molecule has 21 heavy (non-hydrogen) atoms. The summed E-state index contributed by atoms with van der Waals surface area (Å²) in [5, 5.41) is 5.52. The van der Waals surface area contributed by atoms with Gasteiger partial charge in [0.25, 0.3) is 0 Å². The second-order valence-electron chi connectivity index (χ2n) is 4.97. The second-order valence-corrected chi connectivity index (χ2v) is 5.95. The SMILES string of the molecule is CCN(CC)C(CNCc1ccccc1F)c1cccs1. The van der Waals surface area contributed by atoms with Crippen LogP contribution in [0.2, 0.25) is 0 Å². The van der Waals surface area contributed by atoms with Crippen molar-refractivity contribution < 1.29 is 4.39 Å². The summed E-state index contributed by atoms with van der Waals surface area (Å²) >= 11 is 1.78. The average Bonchev–Trinajstić information content (AvgIpc) is 3.02. The smallest absolute Gasteiger partial charge is 0.127 e. The number of nitrogens with zero attached hydrogens (tertiary/aromatic N) is 1. The summed E-state index contributed by atoms with van der Waals surface area (Å²) < 4.78 is 13.6. The molecule has 0 bridgehead atoms. The number of thiophene rings is 1. The van der Waals surface area contributed by atoms with Crippen molar-refractivity contribution in [3.05, 3.63) is 58.0 Å². The molecule has 4 heteroatoms. The Morgan fingerprint density at radius 1 is 1.14 bits per heavy atom. The molecule has 2 nitrogen and oxygen atoms in total. The van der Waals surface area contributed by atoms with Crippen molar-refractivity contribution in [1.82, 2.24) is 10.2 Å². The number of nitrogens with one attached hydrogen (secondary N) is 1. The summed E-state index contributed by atoms with van der Waals surface area (Å²) in [7, 11) is 0. The molecule has 0 saturated carbocycles. The van der Waals surface area contributed by atoms with E-state index in [0.29, 0.717) is 12.6 Å². The lowest BCUT2D eigenvalue weighted by Crippen LogP contribution is -2.35. The maximum Gasteiger partial charge on any atom is 0.127 e. The van der Waals surface area contributed by atoms with Gasteiger partial charge in [-0.3, -0.25) is 4.90 Å². The van der Waals surface area contributed by atoms with Crippen LogP contribution in [-0.4, -0.2) is 24.5 Å². The van der Waals surface area contributed by atoms with Crippen LogP contribution < -0.4 is 5.32 Å². The van der Waals surface area contributed by atoms with Gasteiger partial charge in [0.05, 0.1) is 6.04 Å². The maximum absolute atomic E-state index is 13.6. The van der Waals surface area contributed by atoms with Crippen LogP contribution in [0, 0.1) is 5.82 Å². The van der Waals surface area contributed by atoms with E-state index in [2.05, 4.69) is 41.6 Å². The molecule has 2 rings (SSSR count). The third-order valence-electron chi connectivity index (χ3n) is 3.74. The zero-order chi connectivity index (χ0) is 15.1. The summed E-state index contributed by atoms with van der Waals surface area (Å²) in [6.07, 6.45) is 0. The van der Waals surface area contributed by atoms with Gasteiger partial charge in [0.1, 0.15) is 5.82 Å². The molecule has 0 radical (unpaired) electrons. The Labute approximate surface area is 130 Å². The first kappa shape index (κ1) is 16.1. The molecule has 1 heterocycles. The normalized spacial score (nSPS) is 12.8. The van der Waals surface area contributed by atoms with E-state index >= 15 is 0 Å². The number of rotatable bonds is 8.